The SMILES string of the molecule is CC(=O)CS(=O)(=O)c1cccc(-c2ccc(CN(Cc3cccc(C(F)F)c3)S(=O)(=O)c3c(C)cc(C)cc3C)cc2)c1. The molecule has 0 N–H and O–H groups in total. The Bertz CT molecular complexity index is 1850. The van der Waals surface area contributed by atoms with Crippen molar-refractivity contribution < 1.29 is 30.4 Å². The Morgan fingerprint density at radius 1 is 0.744 bits per heavy atom. The van der Waals surface area contributed by atoms with Crippen LogP contribution in [0, 0.1) is 20.8 Å². The van der Waals surface area contributed by atoms with E-state index < -0.39 is 37.8 Å². The predicted octanol–water partition coefficient (Wildman–Crippen LogP) is 6.97. The highest BCUT2D eigenvalue weighted by molar-refractivity contribution is 7.92. The summed E-state index contributed by atoms with van der Waals surface area (Å²) < 4.78 is 81.5. The van der Waals surface area contributed by atoms with Gasteiger partial charge in [-0.3, -0.25) is 4.79 Å². The van der Waals surface area contributed by atoms with Crippen molar-refractivity contribution >= 4 is 25.6 Å². The second kappa shape index (κ2) is 12.9. The number of ketones is 1. The molecule has 226 valence electrons. The van der Waals surface area contributed by atoms with E-state index in [4.69, 9.17) is 0 Å². The van der Waals surface area contributed by atoms with Gasteiger partial charge in [-0.2, -0.15) is 4.31 Å². The minimum atomic E-state index is -4.05. The fourth-order valence-corrected chi connectivity index (χ4v) is 8.31. The molecule has 0 aromatic heterocycles. The van der Waals surface area contributed by atoms with E-state index in [1.807, 2.05) is 6.92 Å². The lowest BCUT2D eigenvalue weighted by atomic mass is 10.0. The molecule has 4 aromatic rings. The highest BCUT2D eigenvalue weighted by atomic mass is 32.2. The second-order valence-corrected chi connectivity index (χ2v) is 14.6. The van der Waals surface area contributed by atoms with Crippen LogP contribution in [0.15, 0.2) is 94.7 Å². The van der Waals surface area contributed by atoms with Crippen LogP contribution in [0.1, 0.15) is 46.7 Å². The van der Waals surface area contributed by atoms with Gasteiger partial charge in [0.25, 0.3) is 6.43 Å². The smallest absolute Gasteiger partial charge is 0.263 e. The lowest BCUT2D eigenvalue weighted by molar-refractivity contribution is -0.114. The largest absolute Gasteiger partial charge is 0.299 e. The molecular weight excluding hydrogens is 592 g/mol. The molecule has 0 amide bonds. The molecule has 0 bridgehead atoms. The summed E-state index contributed by atoms with van der Waals surface area (Å²) >= 11 is 0. The van der Waals surface area contributed by atoms with Gasteiger partial charge in [-0.25, -0.2) is 25.6 Å². The summed E-state index contributed by atoms with van der Waals surface area (Å²) in [5, 5.41) is 0. The average molecular weight is 626 g/mol. The number of hydrogen-bond donors (Lipinski definition) is 0. The van der Waals surface area contributed by atoms with E-state index >= 15 is 0 Å². The van der Waals surface area contributed by atoms with Crippen LogP contribution >= 0.6 is 0 Å². The maximum atomic E-state index is 14.1. The van der Waals surface area contributed by atoms with E-state index in [0.29, 0.717) is 33.4 Å². The Labute approximate surface area is 252 Å². The van der Waals surface area contributed by atoms with Gasteiger partial charge in [0.05, 0.1) is 9.79 Å². The number of rotatable bonds is 11. The lowest BCUT2D eigenvalue weighted by Crippen LogP contribution is -2.31. The predicted molar refractivity (Wildman–Crippen MR) is 163 cm³/mol. The van der Waals surface area contributed by atoms with Gasteiger partial charge in [0.2, 0.25) is 10.0 Å². The summed E-state index contributed by atoms with van der Waals surface area (Å²) in [4.78, 5) is 11.7. The first-order valence-electron chi connectivity index (χ1n) is 13.5. The van der Waals surface area contributed by atoms with Gasteiger partial charge in [-0.15, -0.1) is 0 Å². The molecule has 0 aliphatic carbocycles. The van der Waals surface area contributed by atoms with Crippen LogP contribution in [0.3, 0.4) is 0 Å². The van der Waals surface area contributed by atoms with Gasteiger partial charge in [0, 0.05) is 18.7 Å². The Morgan fingerprint density at radius 3 is 1.95 bits per heavy atom. The third-order valence-electron chi connectivity index (χ3n) is 7.00. The van der Waals surface area contributed by atoms with Crippen molar-refractivity contribution in [3.8, 4) is 11.1 Å². The van der Waals surface area contributed by atoms with Crippen molar-refractivity contribution in [2.24, 2.45) is 0 Å². The zero-order valence-electron chi connectivity index (χ0n) is 24.3. The number of Topliss-reactive ketones (excluding diaryl/α,β-unsaturated/α-hetero) is 1. The van der Waals surface area contributed by atoms with Crippen LogP contribution in [0.25, 0.3) is 11.1 Å². The monoisotopic (exact) mass is 625 g/mol. The second-order valence-electron chi connectivity index (χ2n) is 10.7. The van der Waals surface area contributed by atoms with E-state index in [1.54, 1.807) is 68.4 Å². The molecule has 10 heteroatoms. The topological polar surface area (TPSA) is 88.6 Å². The van der Waals surface area contributed by atoms with E-state index in [0.717, 1.165) is 5.56 Å². The van der Waals surface area contributed by atoms with Crippen molar-refractivity contribution in [2.45, 2.75) is 57.0 Å². The van der Waals surface area contributed by atoms with Crippen LogP contribution in [-0.4, -0.2) is 32.7 Å². The normalized spacial score (nSPS) is 12.2. The fourth-order valence-electron chi connectivity index (χ4n) is 5.19. The molecule has 0 heterocycles. The van der Waals surface area contributed by atoms with Crippen LogP contribution in [0.5, 0.6) is 0 Å². The first-order valence-corrected chi connectivity index (χ1v) is 16.6. The molecule has 0 fully saturated rings. The van der Waals surface area contributed by atoms with Gasteiger partial charge in [0.1, 0.15) is 11.5 Å². The molecule has 0 unspecified atom stereocenters. The minimum Gasteiger partial charge on any atom is -0.299 e. The molecule has 4 aromatic carbocycles. The summed E-state index contributed by atoms with van der Waals surface area (Å²) in [6, 6.07) is 22.7. The van der Waals surface area contributed by atoms with Gasteiger partial charge >= 0.3 is 0 Å². The number of halogens is 2. The van der Waals surface area contributed by atoms with E-state index in [9.17, 15) is 30.4 Å². The van der Waals surface area contributed by atoms with Crippen LogP contribution < -0.4 is 0 Å². The molecular formula is C33H33F2NO5S2. The molecule has 0 aliphatic rings. The van der Waals surface area contributed by atoms with Crippen molar-refractivity contribution in [3.63, 3.8) is 0 Å². The fraction of sp³-hybridized carbons (Fsp3) is 0.242. The van der Waals surface area contributed by atoms with Gasteiger partial charge in [0.15, 0.2) is 9.84 Å². The Kier molecular flexibility index (Phi) is 9.63. The van der Waals surface area contributed by atoms with Gasteiger partial charge in [-0.05, 0) is 79.3 Å². The molecule has 43 heavy (non-hydrogen) atoms. The zero-order chi connectivity index (χ0) is 31.5. The number of carbonyl (C=O) groups excluding carboxylic acids is 1. The minimum absolute atomic E-state index is 0.0265. The number of aryl methyl sites for hydroxylation is 3. The van der Waals surface area contributed by atoms with Crippen molar-refractivity contribution in [1.29, 1.82) is 0 Å². The summed E-state index contributed by atoms with van der Waals surface area (Å²) in [6.45, 7) is 6.44. The summed E-state index contributed by atoms with van der Waals surface area (Å²) in [5.74, 6) is -1.04. The van der Waals surface area contributed by atoms with E-state index in [-0.39, 0.29) is 28.4 Å². The lowest BCUT2D eigenvalue weighted by Gasteiger charge is -2.25. The summed E-state index contributed by atoms with van der Waals surface area (Å²) in [6.07, 6.45) is -2.69. The summed E-state index contributed by atoms with van der Waals surface area (Å²) in [7, 11) is -7.83. The number of alkyl halides is 2. The highest BCUT2D eigenvalue weighted by Gasteiger charge is 2.29. The van der Waals surface area contributed by atoms with Crippen molar-refractivity contribution in [1.82, 2.24) is 4.31 Å². The van der Waals surface area contributed by atoms with Gasteiger partial charge in [-0.1, -0.05) is 72.3 Å². The molecule has 0 spiro atoms. The Balaban J connectivity index is 1.70. The molecule has 0 saturated heterocycles. The average Bonchev–Trinajstić information content (AvgIpc) is 2.92. The first kappa shape index (κ1) is 32.2. The number of sulfonamides is 1. The number of nitrogens with zero attached hydrogens (tertiary/aromatic N) is 1. The molecule has 0 radical (unpaired) electrons. The maximum Gasteiger partial charge on any atom is 0.263 e. The molecule has 0 saturated carbocycles. The maximum absolute atomic E-state index is 14.1. The third kappa shape index (κ3) is 7.62. The Morgan fingerprint density at radius 2 is 1.35 bits per heavy atom. The molecule has 0 atom stereocenters. The molecule has 0 aliphatic heterocycles. The van der Waals surface area contributed by atoms with Crippen molar-refractivity contribution in [2.75, 3.05) is 5.75 Å². The van der Waals surface area contributed by atoms with Crippen LogP contribution in [0.4, 0.5) is 8.78 Å². The Hall–Kier alpha value is -3.73. The van der Waals surface area contributed by atoms with Crippen LogP contribution in [0.2, 0.25) is 0 Å². The molecule has 4 rings (SSSR count). The number of hydrogen-bond acceptors (Lipinski definition) is 5. The number of benzene rings is 4. The third-order valence-corrected chi connectivity index (χ3v) is 10.9. The van der Waals surface area contributed by atoms with E-state index in [1.165, 1.54) is 41.6 Å². The van der Waals surface area contributed by atoms with E-state index in [2.05, 4.69) is 0 Å². The zero-order valence-corrected chi connectivity index (χ0v) is 26.0. The number of sulfone groups is 1. The molecule has 6 nitrogen and oxygen atoms in total. The number of carbonyl (C=O) groups is 1. The highest BCUT2D eigenvalue weighted by Crippen LogP contribution is 2.30. The standard InChI is InChI=1S/C33H33F2NO5S2/c1-22-15-23(2)32(24(3)16-22)43(40,41)36(20-27-7-5-9-30(17-27)33(34)35)19-26-11-13-28(14-12-26)29-8-6-10-31(18-29)42(38,39)21-25(4)37/h5-18,33H,19-21H2,1-4H3. The quantitative estimate of drug-likeness (QED) is 0.180. The van der Waals surface area contributed by atoms with Crippen molar-refractivity contribution in [3.05, 3.63) is 118 Å². The summed E-state index contributed by atoms with van der Waals surface area (Å²) in [5.41, 5.74) is 4.35. The first-order chi connectivity index (χ1) is 20.2. The van der Waals surface area contributed by atoms with Crippen LogP contribution in [-0.2, 0) is 37.7 Å². The van der Waals surface area contributed by atoms with Gasteiger partial charge < -0.3 is 0 Å².